The summed E-state index contributed by atoms with van der Waals surface area (Å²) in [5, 5.41) is 1.82. The molecule has 0 spiro atoms. The van der Waals surface area contributed by atoms with Gasteiger partial charge in [-0.2, -0.15) is 0 Å². The summed E-state index contributed by atoms with van der Waals surface area (Å²) in [6, 6.07) is 20.0. The van der Waals surface area contributed by atoms with E-state index in [-0.39, 0.29) is 11.4 Å². The molecule has 0 unspecified atom stereocenters. The van der Waals surface area contributed by atoms with Gasteiger partial charge < -0.3 is 19.4 Å². The number of carbonyl (C=O) groups excluding carboxylic acids is 1. The van der Waals surface area contributed by atoms with E-state index in [1.807, 2.05) is 48.7 Å². The van der Waals surface area contributed by atoms with E-state index >= 15 is 0 Å². The molecule has 3 heterocycles. The number of aromatic amines is 1. The number of aromatic nitrogens is 1. The highest BCUT2D eigenvalue weighted by Gasteiger charge is 2.35. The number of hydrogen-bond donors (Lipinski definition) is 1. The van der Waals surface area contributed by atoms with Gasteiger partial charge >= 0.3 is 0 Å². The molecule has 226 valence electrons. The third-order valence-electron chi connectivity index (χ3n) is 8.40. The van der Waals surface area contributed by atoms with E-state index in [1.54, 1.807) is 19.1 Å². The topological polar surface area (TPSA) is 70.2 Å². The molecular formula is C36H38N4O3S. The zero-order chi connectivity index (χ0) is 31.0. The Kier molecular flexibility index (Phi) is 8.03. The van der Waals surface area contributed by atoms with Crippen molar-refractivity contribution < 1.29 is 14.3 Å². The summed E-state index contributed by atoms with van der Waals surface area (Å²) < 4.78 is 11.2. The van der Waals surface area contributed by atoms with Gasteiger partial charge in [0.2, 0.25) is 0 Å². The fourth-order valence-electron chi connectivity index (χ4n) is 6.26. The fraction of sp³-hybridized carbons (Fsp3) is 0.278. The summed E-state index contributed by atoms with van der Waals surface area (Å²) in [5.74, 6) is 1.43. The van der Waals surface area contributed by atoms with Crippen LogP contribution in [0.2, 0.25) is 0 Å². The maximum Gasteiger partial charge on any atom is 0.266 e. The largest absolute Gasteiger partial charge is 0.497 e. The summed E-state index contributed by atoms with van der Waals surface area (Å²) in [7, 11) is 3.33. The quantitative estimate of drug-likeness (QED) is 0.206. The Morgan fingerprint density at radius 2 is 1.82 bits per heavy atom. The van der Waals surface area contributed by atoms with Gasteiger partial charge in [0, 0.05) is 53.1 Å². The number of H-pyrrole nitrogens is 1. The number of allylic oxidation sites excluding steroid dienone is 1. The molecule has 0 bridgehead atoms. The van der Waals surface area contributed by atoms with Gasteiger partial charge in [0.15, 0.2) is 5.17 Å². The lowest BCUT2D eigenvalue weighted by molar-refractivity contribution is -0.122. The number of aliphatic imine (C=N–C) groups is 1. The van der Waals surface area contributed by atoms with Gasteiger partial charge in [-0.05, 0) is 99.5 Å². The number of amidine groups is 1. The van der Waals surface area contributed by atoms with Crippen molar-refractivity contribution in [2.45, 2.75) is 39.7 Å². The number of amides is 1. The minimum atomic E-state index is -0.105. The Hall–Kier alpha value is -4.43. The van der Waals surface area contributed by atoms with Crippen LogP contribution in [-0.4, -0.2) is 53.8 Å². The number of nitrogens with zero attached hydrogens (tertiary/aromatic N) is 3. The molecule has 1 saturated heterocycles. The maximum absolute atomic E-state index is 14.0. The number of fused-ring (bicyclic) bond motifs is 2. The van der Waals surface area contributed by atoms with E-state index in [0.717, 1.165) is 46.1 Å². The van der Waals surface area contributed by atoms with Gasteiger partial charge in [-0.3, -0.25) is 9.69 Å². The lowest BCUT2D eigenvalue weighted by atomic mass is 9.87. The number of methoxy groups -OCH3 is 2. The zero-order valence-corrected chi connectivity index (χ0v) is 26.9. The highest BCUT2D eigenvalue weighted by atomic mass is 32.2. The SMILES string of the molecule is CCN1c2cc(OC)c(/C=C3/SC(=Nc4ccc(OC)cc4)N(CCc4c[nH]c5ccccc45)C3=O)cc2C(C)=CC1(C)C. The second-order valence-electron chi connectivity index (χ2n) is 11.6. The van der Waals surface area contributed by atoms with Crippen molar-refractivity contribution in [2.75, 3.05) is 32.2 Å². The van der Waals surface area contributed by atoms with Crippen LogP contribution in [0.1, 0.15) is 44.4 Å². The Morgan fingerprint density at radius 1 is 1.05 bits per heavy atom. The molecule has 4 aromatic rings. The number of hydrogen-bond acceptors (Lipinski definition) is 6. The van der Waals surface area contributed by atoms with Gasteiger partial charge in [0.1, 0.15) is 11.5 Å². The summed E-state index contributed by atoms with van der Waals surface area (Å²) in [5.41, 5.74) is 7.28. The molecule has 1 fully saturated rings. The highest BCUT2D eigenvalue weighted by Crippen LogP contribution is 2.44. The van der Waals surface area contributed by atoms with Crippen LogP contribution < -0.4 is 14.4 Å². The van der Waals surface area contributed by atoms with Gasteiger partial charge in [-0.1, -0.05) is 24.3 Å². The van der Waals surface area contributed by atoms with E-state index in [1.165, 1.54) is 28.3 Å². The summed E-state index contributed by atoms with van der Waals surface area (Å²) in [6.45, 7) is 10.2. The first-order chi connectivity index (χ1) is 21.2. The monoisotopic (exact) mass is 606 g/mol. The van der Waals surface area contributed by atoms with Crippen LogP contribution in [0.3, 0.4) is 0 Å². The Morgan fingerprint density at radius 3 is 2.55 bits per heavy atom. The molecule has 1 amide bonds. The van der Waals surface area contributed by atoms with Crippen molar-refractivity contribution in [3.05, 3.63) is 94.5 Å². The van der Waals surface area contributed by atoms with Gasteiger partial charge in [-0.15, -0.1) is 0 Å². The molecule has 2 aliphatic rings. The van der Waals surface area contributed by atoms with Crippen molar-refractivity contribution in [1.82, 2.24) is 9.88 Å². The molecule has 7 nitrogen and oxygen atoms in total. The Labute approximate surface area is 263 Å². The second-order valence-corrected chi connectivity index (χ2v) is 12.6. The van der Waals surface area contributed by atoms with Crippen molar-refractivity contribution in [3.8, 4) is 11.5 Å². The average Bonchev–Trinajstić information content (AvgIpc) is 3.56. The third-order valence-corrected chi connectivity index (χ3v) is 9.40. The number of para-hydroxylation sites is 1. The number of ether oxygens (including phenoxy) is 2. The van der Waals surface area contributed by atoms with Crippen LogP contribution in [-0.2, 0) is 11.2 Å². The minimum absolute atomic E-state index is 0.0644. The van der Waals surface area contributed by atoms with Crippen molar-refractivity contribution in [3.63, 3.8) is 0 Å². The number of thioether (sulfide) groups is 1. The van der Waals surface area contributed by atoms with Crippen molar-refractivity contribution in [2.24, 2.45) is 4.99 Å². The smallest absolute Gasteiger partial charge is 0.266 e. The molecule has 0 atom stereocenters. The van der Waals surface area contributed by atoms with E-state index < -0.39 is 0 Å². The molecular weight excluding hydrogens is 568 g/mol. The predicted molar refractivity (Wildman–Crippen MR) is 183 cm³/mol. The molecule has 3 aromatic carbocycles. The molecule has 1 N–H and O–H groups in total. The summed E-state index contributed by atoms with van der Waals surface area (Å²) in [4.78, 5) is 27.1. The van der Waals surface area contributed by atoms with Crippen LogP contribution >= 0.6 is 11.8 Å². The van der Waals surface area contributed by atoms with E-state index in [4.69, 9.17) is 14.5 Å². The number of anilines is 1. The second kappa shape index (κ2) is 11.9. The summed E-state index contributed by atoms with van der Waals surface area (Å²) >= 11 is 1.40. The molecule has 44 heavy (non-hydrogen) atoms. The standard InChI is InChI=1S/C36H38N4O3S/c1-7-40-31-20-32(43-6)25(18-29(31)23(2)21-36(40,3)4)19-33-34(41)39(17-16-24-22-37-30-11-9-8-10-28(24)30)35(44-33)38-26-12-14-27(42-5)15-13-26/h8-15,18-22,37H,7,16-17H2,1-6H3/b33-19+,38-35?. The maximum atomic E-state index is 14.0. The lowest BCUT2D eigenvalue weighted by Crippen LogP contribution is -2.44. The average molecular weight is 607 g/mol. The first-order valence-corrected chi connectivity index (χ1v) is 15.7. The molecule has 0 radical (unpaired) electrons. The first kappa shape index (κ1) is 29.6. The molecule has 6 rings (SSSR count). The number of nitrogens with one attached hydrogen (secondary N) is 1. The first-order valence-electron chi connectivity index (χ1n) is 14.9. The van der Waals surface area contributed by atoms with Gasteiger partial charge in [0.25, 0.3) is 5.91 Å². The van der Waals surface area contributed by atoms with Crippen LogP contribution in [0.25, 0.3) is 22.6 Å². The van der Waals surface area contributed by atoms with Crippen molar-refractivity contribution in [1.29, 1.82) is 0 Å². The van der Waals surface area contributed by atoms with Crippen LogP contribution in [0.5, 0.6) is 11.5 Å². The molecule has 0 saturated carbocycles. The predicted octanol–water partition coefficient (Wildman–Crippen LogP) is 8.05. The number of carbonyl (C=O) groups is 1. The Balaban J connectivity index is 1.37. The van der Waals surface area contributed by atoms with Crippen LogP contribution in [0.4, 0.5) is 11.4 Å². The Bertz CT molecular complexity index is 1820. The molecule has 1 aromatic heterocycles. The lowest BCUT2D eigenvalue weighted by Gasteiger charge is -2.43. The van der Waals surface area contributed by atoms with Crippen LogP contribution in [0.15, 0.2) is 82.8 Å². The molecule has 8 heteroatoms. The molecule has 0 aliphatic carbocycles. The van der Waals surface area contributed by atoms with Gasteiger partial charge in [-0.25, -0.2) is 4.99 Å². The highest BCUT2D eigenvalue weighted by molar-refractivity contribution is 8.18. The molecule has 2 aliphatic heterocycles. The van der Waals surface area contributed by atoms with Crippen LogP contribution in [0, 0.1) is 0 Å². The van der Waals surface area contributed by atoms with E-state index in [2.05, 4.69) is 67.9 Å². The number of benzene rings is 3. The van der Waals surface area contributed by atoms with E-state index in [0.29, 0.717) is 23.0 Å². The minimum Gasteiger partial charge on any atom is -0.497 e. The fourth-order valence-corrected chi connectivity index (χ4v) is 7.27. The zero-order valence-electron chi connectivity index (χ0n) is 26.1. The third kappa shape index (κ3) is 5.50. The normalized spacial score (nSPS) is 17.9. The number of likely N-dealkylation sites (N-methyl/N-ethyl adjacent to an activating group) is 1. The summed E-state index contributed by atoms with van der Waals surface area (Å²) in [6.07, 6.45) is 6.98. The van der Waals surface area contributed by atoms with Crippen molar-refractivity contribution >= 4 is 56.8 Å². The van der Waals surface area contributed by atoms with E-state index in [9.17, 15) is 4.79 Å². The number of rotatable bonds is 8. The van der Waals surface area contributed by atoms with Gasteiger partial charge in [0.05, 0.1) is 30.4 Å².